The number of alkyl halides is 5. The van der Waals surface area contributed by atoms with Gasteiger partial charge in [0.2, 0.25) is 0 Å². The number of hydrogen-bond acceptors (Lipinski definition) is 1. The summed E-state index contributed by atoms with van der Waals surface area (Å²) in [5.74, 6) is -9.62. The molecule has 0 saturated heterocycles. The van der Waals surface area contributed by atoms with Crippen molar-refractivity contribution in [3.63, 3.8) is 0 Å². The number of hydrogen-bond donors (Lipinski definition) is 0. The van der Waals surface area contributed by atoms with Crippen LogP contribution in [-0.2, 0) is 12.6 Å². The van der Waals surface area contributed by atoms with E-state index in [9.17, 15) is 43.9 Å². The molecule has 0 bridgehead atoms. The van der Waals surface area contributed by atoms with Crippen LogP contribution in [-0.4, -0.2) is 6.11 Å². The highest BCUT2D eigenvalue weighted by Gasteiger charge is 2.38. The van der Waals surface area contributed by atoms with E-state index in [0.717, 1.165) is 61.1 Å². The second-order valence-electron chi connectivity index (χ2n) is 11.7. The van der Waals surface area contributed by atoms with Crippen LogP contribution in [0.25, 0.3) is 39.5 Å². The molecule has 1 nitrogen and oxygen atoms in total. The highest BCUT2D eigenvalue weighted by Crippen LogP contribution is 2.38. The Kier molecular flexibility index (Phi) is 10.9. The smallest absolute Gasteiger partial charge is 0.422 e. The lowest BCUT2D eigenvalue weighted by Gasteiger charge is -2.16. The summed E-state index contributed by atoms with van der Waals surface area (Å²) >= 11 is 0. The molecule has 0 radical (unpaired) electrons. The maximum absolute atomic E-state index is 15.1. The van der Waals surface area contributed by atoms with Crippen molar-refractivity contribution in [1.82, 2.24) is 0 Å². The van der Waals surface area contributed by atoms with Crippen molar-refractivity contribution in [2.75, 3.05) is 0 Å². The summed E-state index contributed by atoms with van der Waals surface area (Å²) < 4.78 is 160. The van der Waals surface area contributed by atoms with E-state index in [4.69, 9.17) is 0 Å². The number of benzene rings is 5. The number of unbranched alkanes of at least 4 members (excludes halogenated alkanes) is 2. The number of rotatable bonds is 11. The van der Waals surface area contributed by atoms with Gasteiger partial charge in [0, 0.05) is 28.8 Å². The summed E-state index contributed by atoms with van der Waals surface area (Å²) in [7, 11) is 0. The van der Waals surface area contributed by atoms with Gasteiger partial charge in [-0.2, -0.15) is 22.0 Å². The molecule has 0 amide bonds. The third-order valence-electron chi connectivity index (χ3n) is 7.99. The van der Waals surface area contributed by atoms with Gasteiger partial charge >= 0.3 is 12.3 Å². The first kappa shape index (κ1) is 37.1. The van der Waals surface area contributed by atoms with Gasteiger partial charge in [-0.3, -0.25) is 0 Å². The maximum Gasteiger partial charge on any atom is 0.422 e. The second-order valence-corrected chi connectivity index (χ2v) is 11.7. The van der Waals surface area contributed by atoms with Crippen molar-refractivity contribution in [3.05, 3.63) is 143 Å². The molecule has 0 N–H and O–H groups in total. The second kappa shape index (κ2) is 15.0. The monoisotopic (exact) mass is 720 g/mol. The van der Waals surface area contributed by atoms with Gasteiger partial charge < -0.3 is 4.74 Å². The fourth-order valence-electron chi connectivity index (χ4n) is 5.44. The Bertz CT molecular complexity index is 2020. The molecular weight excluding hydrogens is 693 g/mol. The number of ether oxygens (including phenoxy) is 1. The van der Waals surface area contributed by atoms with Crippen LogP contribution in [0.1, 0.15) is 42.9 Å². The Morgan fingerprint density at radius 1 is 0.549 bits per heavy atom. The van der Waals surface area contributed by atoms with Crippen molar-refractivity contribution in [2.45, 2.75) is 44.9 Å². The molecule has 0 fully saturated rings. The number of aryl methyl sites for hydroxylation is 1. The van der Waals surface area contributed by atoms with Gasteiger partial charge in [0.15, 0.2) is 0 Å². The lowest BCUT2D eigenvalue weighted by molar-refractivity contribution is -0.142. The molecule has 5 aromatic carbocycles. The highest BCUT2D eigenvalue weighted by atomic mass is 19.4. The standard InChI is InChI=1S/C39H27F11O/c1-2-3-4-5-22-6-8-23(9-7-22)24-10-12-28(31(40)16-24)25-17-32(41)30(33(42)18-25)14-15-38(46,47)51-27-11-13-29(34(43)21-27)26-19-35(44)37(36(45)20-26)39(48,49)50/h6-21H,2-5H2,1H3/b15-14+. The lowest BCUT2D eigenvalue weighted by Crippen LogP contribution is -2.21. The molecular formula is C39H27F11O. The van der Waals surface area contributed by atoms with Crippen LogP contribution in [0.2, 0.25) is 0 Å². The summed E-state index contributed by atoms with van der Waals surface area (Å²) in [5, 5.41) is 0. The molecule has 266 valence electrons. The minimum absolute atomic E-state index is 0.0228. The molecule has 0 atom stereocenters. The third kappa shape index (κ3) is 8.79. The SMILES string of the molecule is CCCCCc1ccc(-c2ccc(-c3cc(F)c(/C=C/C(F)(F)Oc4ccc(-c5cc(F)c(C(F)(F)F)c(F)c5)c(F)c4)c(F)c3)c(F)c2)cc1. The molecule has 51 heavy (non-hydrogen) atoms. The Balaban J connectivity index is 1.30. The minimum atomic E-state index is -5.36. The molecule has 0 aromatic heterocycles. The van der Waals surface area contributed by atoms with Gasteiger partial charge in [0.05, 0.1) is 0 Å². The predicted molar refractivity (Wildman–Crippen MR) is 172 cm³/mol. The van der Waals surface area contributed by atoms with Crippen LogP contribution < -0.4 is 4.74 Å². The van der Waals surface area contributed by atoms with E-state index in [2.05, 4.69) is 11.7 Å². The number of halogens is 11. The van der Waals surface area contributed by atoms with E-state index >= 15 is 4.39 Å². The van der Waals surface area contributed by atoms with Gasteiger partial charge in [-0.25, -0.2) is 26.3 Å². The van der Waals surface area contributed by atoms with E-state index < -0.39 is 75.2 Å². The highest BCUT2D eigenvalue weighted by molar-refractivity contribution is 5.72. The largest absolute Gasteiger partial charge is 0.429 e. The van der Waals surface area contributed by atoms with Crippen LogP contribution >= 0.6 is 0 Å². The van der Waals surface area contributed by atoms with Gasteiger partial charge in [-0.1, -0.05) is 56.2 Å². The Hall–Kier alpha value is -5.13. The Morgan fingerprint density at radius 3 is 1.59 bits per heavy atom. The van der Waals surface area contributed by atoms with Crippen molar-refractivity contribution in [1.29, 1.82) is 0 Å². The minimum Gasteiger partial charge on any atom is -0.429 e. The molecule has 0 spiro atoms. The fourth-order valence-corrected chi connectivity index (χ4v) is 5.44. The summed E-state index contributed by atoms with van der Waals surface area (Å²) in [6.45, 7) is 2.11. The predicted octanol–water partition coefficient (Wildman–Crippen LogP) is 13.0. The zero-order valence-corrected chi connectivity index (χ0v) is 26.6. The van der Waals surface area contributed by atoms with Crippen LogP contribution in [0.5, 0.6) is 5.75 Å². The average molecular weight is 721 g/mol. The topological polar surface area (TPSA) is 9.23 Å². The molecule has 0 saturated carbocycles. The fraction of sp³-hybridized carbons (Fsp3) is 0.179. The van der Waals surface area contributed by atoms with Crippen molar-refractivity contribution < 1.29 is 53.0 Å². The van der Waals surface area contributed by atoms with Gasteiger partial charge in [-0.15, -0.1) is 0 Å². The molecule has 0 heterocycles. The van der Waals surface area contributed by atoms with E-state index in [1.54, 1.807) is 6.07 Å². The zero-order valence-electron chi connectivity index (χ0n) is 26.6. The molecule has 0 aliphatic heterocycles. The summed E-state index contributed by atoms with van der Waals surface area (Å²) in [4.78, 5) is 0. The molecule has 0 aliphatic carbocycles. The quantitative estimate of drug-likeness (QED) is 0.0975. The Morgan fingerprint density at radius 2 is 1.06 bits per heavy atom. The molecule has 0 unspecified atom stereocenters. The molecule has 5 rings (SSSR count). The molecule has 0 aliphatic rings. The van der Waals surface area contributed by atoms with Crippen LogP contribution in [0.15, 0.2) is 91.0 Å². The van der Waals surface area contributed by atoms with Gasteiger partial charge in [0.25, 0.3) is 0 Å². The van der Waals surface area contributed by atoms with Crippen LogP contribution in [0.4, 0.5) is 48.3 Å². The third-order valence-corrected chi connectivity index (χ3v) is 7.99. The van der Waals surface area contributed by atoms with Gasteiger partial charge in [0.1, 0.15) is 46.2 Å². The first-order chi connectivity index (χ1) is 24.1. The maximum atomic E-state index is 15.1. The van der Waals surface area contributed by atoms with E-state index in [-0.39, 0.29) is 29.3 Å². The Labute approximate surface area is 285 Å². The average Bonchev–Trinajstić information content (AvgIpc) is 3.03. The first-order valence-electron chi connectivity index (χ1n) is 15.6. The van der Waals surface area contributed by atoms with E-state index in [0.29, 0.717) is 17.7 Å². The van der Waals surface area contributed by atoms with Gasteiger partial charge in [-0.05, 0) is 89.2 Å². The van der Waals surface area contributed by atoms with Crippen LogP contribution in [0, 0.1) is 34.9 Å². The van der Waals surface area contributed by atoms with Crippen molar-refractivity contribution in [3.8, 4) is 39.1 Å². The zero-order chi connectivity index (χ0) is 37.1. The molecule has 5 aromatic rings. The van der Waals surface area contributed by atoms with E-state index in [1.807, 2.05) is 24.3 Å². The first-order valence-corrected chi connectivity index (χ1v) is 15.6. The van der Waals surface area contributed by atoms with E-state index in [1.165, 1.54) is 12.1 Å². The van der Waals surface area contributed by atoms with Crippen molar-refractivity contribution in [2.24, 2.45) is 0 Å². The normalized spacial score (nSPS) is 12.2. The molecule has 12 heteroatoms. The summed E-state index contributed by atoms with van der Waals surface area (Å²) in [5.41, 5.74) is -2.28. The van der Waals surface area contributed by atoms with Crippen LogP contribution in [0.3, 0.4) is 0 Å². The van der Waals surface area contributed by atoms with Crippen molar-refractivity contribution >= 4 is 6.08 Å². The summed E-state index contributed by atoms with van der Waals surface area (Å²) in [6.07, 6.45) is -5.10. The summed E-state index contributed by atoms with van der Waals surface area (Å²) in [6, 6.07) is 15.6. The lowest BCUT2D eigenvalue weighted by atomic mass is 9.97.